The van der Waals surface area contributed by atoms with Gasteiger partial charge in [-0.2, -0.15) is 0 Å². The molecule has 1 aromatic carbocycles. The molecule has 1 aromatic heterocycles. The Morgan fingerprint density at radius 1 is 1.06 bits per heavy atom. The van der Waals surface area contributed by atoms with Crippen LogP contribution in [0.1, 0.15) is 31.4 Å². The van der Waals surface area contributed by atoms with E-state index in [1.807, 2.05) is 30.5 Å². The Kier molecular flexibility index (Phi) is 8.16. The van der Waals surface area contributed by atoms with Gasteiger partial charge in [0.2, 0.25) is 11.7 Å². The second kappa shape index (κ2) is 11.0. The molecule has 2 atom stereocenters. The van der Waals surface area contributed by atoms with Gasteiger partial charge >= 0.3 is 0 Å². The van der Waals surface area contributed by atoms with E-state index in [1.54, 1.807) is 21.3 Å². The molecular formula is C24H33N3O5. The van der Waals surface area contributed by atoms with E-state index in [0.29, 0.717) is 36.6 Å². The van der Waals surface area contributed by atoms with Gasteiger partial charge in [0.1, 0.15) is 5.82 Å². The molecule has 0 radical (unpaired) electrons. The van der Waals surface area contributed by atoms with Gasteiger partial charge in [-0.1, -0.05) is 6.07 Å². The van der Waals surface area contributed by atoms with Crippen molar-refractivity contribution in [2.45, 2.75) is 45.4 Å². The molecule has 8 nitrogen and oxygen atoms in total. The number of amides is 1. The number of ether oxygens (including phenoxy) is 4. The molecule has 8 heteroatoms. The lowest BCUT2D eigenvalue weighted by molar-refractivity contribution is -0.121. The number of benzene rings is 1. The number of nitrogens with zero attached hydrogens (tertiary/aromatic N) is 2. The molecular weight excluding hydrogens is 410 g/mol. The first-order valence-electron chi connectivity index (χ1n) is 10.8. The predicted octanol–water partition coefficient (Wildman–Crippen LogP) is 2.97. The van der Waals surface area contributed by atoms with Crippen molar-refractivity contribution in [2.75, 3.05) is 39.3 Å². The minimum absolute atomic E-state index is 0.0290. The summed E-state index contributed by atoms with van der Waals surface area (Å²) < 4.78 is 21.9. The molecule has 0 spiro atoms. The number of pyridine rings is 1. The topological polar surface area (TPSA) is 82.2 Å². The second-order valence-corrected chi connectivity index (χ2v) is 8.00. The Balaban J connectivity index is 1.51. The van der Waals surface area contributed by atoms with Crippen LogP contribution in [-0.2, 0) is 22.5 Å². The zero-order valence-corrected chi connectivity index (χ0v) is 19.5. The number of carbonyl (C=O) groups excluding carboxylic acids is 1. The van der Waals surface area contributed by atoms with E-state index in [4.69, 9.17) is 18.9 Å². The van der Waals surface area contributed by atoms with Crippen LogP contribution in [0.2, 0.25) is 0 Å². The molecule has 1 N–H and O–H groups in total. The van der Waals surface area contributed by atoms with Crippen LogP contribution in [0.3, 0.4) is 0 Å². The van der Waals surface area contributed by atoms with Crippen LogP contribution >= 0.6 is 0 Å². The van der Waals surface area contributed by atoms with Crippen molar-refractivity contribution >= 4 is 11.7 Å². The largest absolute Gasteiger partial charge is 0.493 e. The van der Waals surface area contributed by atoms with Crippen molar-refractivity contribution in [2.24, 2.45) is 0 Å². The molecule has 2 aromatic rings. The molecule has 0 saturated carbocycles. The van der Waals surface area contributed by atoms with Crippen molar-refractivity contribution in [1.82, 2.24) is 10.3 Å². The Bertz CT molecular complexity index is 868. The first-order valence-corrected chi connectivity index (χ1v) is 10.8. The van der Waals surface area contributed by atoms with Crippen LogP contribution in [0, 0.1) is 0 Å². The highest BCUT2D eigenvalue weighted by molar-refractivity contribution is 5.76. The number of carbonyl (C=O) groups is 1. The van der Waals surface area contributed by atoms with Crippen molar-refractivity contribution in [3.8, 4) is 17.2 Å². The highest BCUT2D eigenvalue weighted by atomic mass is 16.5. The highest BCUT2D eigenvalue weighted by Gasteiger charge is 2.23. The Morgan fingerprint density at radius 2 is 1.72 bits per heavy atom. The van der Waals surface area contributed by atoms with E-state index in [-0.39, 0.29) is 18.1 Å². The zero-order chi connectivity index (χ0) is 23.1. The van der Waals surface area contributed by atoms with Crippen molar-refractivity contribution in [3.63, 3.8) is 0 Å². The third kappa shape index (κ3) is 6.03. The van der Waals surface area contributed by atoms with Gasteiger partial charge in [0, 0.05) is 32.3 Å². The maximum atomic E-state index is 12.4. The van der Waals surface area contributed by atoms with E-state index < -0.39 is 0 Å². The lowest BCUT2D eigenvalue weighted by Crippen LogP contribution is -2.45. The summed E-state index contributed by atoms with van der Waals surface area (Å²) in [5, 5.41) is 2.96. The van der Waals surface area contributed by atoms with Gasteiger partial charge in [0.25, 0.3) is 0 Å². The quantitative estimate of drug-likeness (QED) is 0.638. The standard InChI is InChI=1S/C24H33N3O5/c1-16-14-27(15-17(2)32-16)22-8-6-19(12-25-22)13-26-23(28)9-7-18-10-20(29-3)24(31-5)21(11-18)30-4/h6,8,10-12,16-17H,7,9,13-15H2,1-5H3,(H,26,28)/t16-,17-/m0/s1. The number of nitrogens with one attached hydrogen (secondary N) is 1. The van der Waals surface area contributed by atoms with Gasteiger partial charge in [-0.05, 0) is 49.6 Å². The average Bonchev–Trinajstić information content (AvgIpc) is 2.80. The zero-order valence-electron chi connectivity index (χ0n) is 19.5. The van der Waals surface area contributed by atoms with Crippen LogP contribution in [0.25, 0.3) is 0 Å². The molecule has 3 rings (SSSR count). The predicted molar refractivity (Wildman–Crippen MR) is 123 cm³/mol. The molecule has 0 bridgehead atoms. The van der Waals surface area contributed by atoms with Crippen LogP contribution in [0.15, 0.2) is 30.5 Å². The fourth-order valence-electron chi connectivity index (χ4n) is 3.90. The molecule has 1 fully saturated rings. The lowest BCUT2D eigenvalue weighted by atomic mass is 10.1. The molecule has 1 saturated heterocycles. The molecule has 1 aliphatic rings. The number of aromatic nitrogens is 1. The summed E-state index contributed by atoms with van der Waals surface area (Å²) in [5.74, 6) is 2.61. The van der Waals surface area contributed by atoms with Crippen molar-refractivity contribution in [3.05, 3.63) is 41.6 Å². The highest BCUT2D eigenvalue weighted by Crippen LogP contribution is 2.38. The van der Waals surface area contributed by atoms with Gasteiger partial charge in [0.15, 0.2) is 11.5 Å². The summed E-state index contributed by atoms with van der Waals surface area (Å²) in [5.41, 5.74) is 1.90. The van der Waals surface area contributed by atoms with E-state index >= 15 is 0 Å². The Labute approximate surface area is 189 Å². The number of hydrogen-bond acceptors (Lipinski definition) is 7. The van der Waals surface area contributed by atoms with Crippen LogP contribution < -0.4 is 24.4 Å². The summed E-state index contributed by atoms with van der Waals surface area (Å²) in [6.07, 6.45) is 3.11. The minimum atomic E-state index is -0.0290. The maximum Gasteiger partial charge on any atom is 0.220 e. The van der Waals surface area contributed by atoms with E-state index in [1.165, 1.54) is 0 Å². The summed E-state index contributed by atoms with van der Waals surface area (Å²) >= 11 is 0. The lowest BCUT2D eigenvalue weighted by Gasteiger charge is -2.36. The van der Waals surface area contributed by atoms with Gasteiger partial charge in [-0.15, -0.1) is 0 Å². The Morgan fingerprint density at radius 3 is 2.25 bits per heavy atom. The van der Waals surface area contributed by atoms with E-state index in [9.17, 15) is 4.79 Å². The van der Waals surface area contributed by atoms with Gasteiger partial charge in [-0.3, -0.25) is 4.79 Å². The second-order valence-electron chi connectivity index (χ2n) is 8.00. The monoisotopic (exact) mass is 443 g/mol. The van der Waals surface area contributed by atoms with Crippen molar-refractivity contribution < 1.29 is 23.7 Å². The number of morpholine rings is 1. The summed E-state index contributed by atoms with van der Waals surface area (Å²) in [7, 11) is 4.72. The van der Waals surface area contributed by atoms with E-state index in [2.05, 4.69) is 29.0 Å². The van der Waals surface area contributed by atoms with E-state index in [0.717, 1.165) is 30.0 Å². The molecule has 32 heavy (non-hydrogen) atoms. The molecule has 174 valence electrons. The van der Waals surface area contributed by atoms with Crippen molar-refractivity contribution in [1.29, 1.82) is 0 Å². The van der Waals surface area contributed by atoms with Gasteiger partial charge in [-0.25, -0.2) is 4.98 Å². The van der Waals surface area contributed by atoms with Crippen LogP contribution in [0.5, 0.6) is 17.2 Å². The number of aryl methyl sites for hydroxylation is 1. The summed E-state index contributed by atoms with van der Waals surface area (Å²) in [6, 6.07) is 7.74. The molecule has 1 amide bonds. The Hall–Kier alpha value is -3.00. The molecule has 0 unspecified atom stereocenters. The third-order valence-electron chi connectivity index (χ3n) is 5.41. The van der Waals surface area contributed by atoms with Crippen LogP contribution in [0.4, 0.5) is 5.82 Å². The smallest absolute Gasteiger partial charge is 0.220 e. The first kappa shape index (κ1) is 23.7. The number of rotatable bonds is 9. The first-order chi connectivity index (χ1) is 15.4. The fourth-order valence-corrected chi connectivity index (χ4v) is 3.90. The third-order valence-corrected chi connectivity index (χ3v) is 5.41. The summed E-state index contributed by atoms with van der Waals surface area (Å²) in [6.45, 7) is 6.25. The molecule has 2 heterocycles. The number of hydrogen-bond donors (Lipinski definition) is 1. The number of methoxy groups -OCH3 is 3. The van der Waals surface area contributed by atoms with Gasteiger partial charge in [0.05, 0.1) is 33.5 Å². The number of anilines is 1. The average molecular weight is 444 g/mol. The van der Waals surface area contributed by atoms with Crippen LogP contribution in [-0.4, -0.2) is 57.5 Å². The normalized spacial score (nSPS) is 18.2. The minimum Gasteiger partial charge on any atom is -0.493 e. The molecule has 0 aliphatic carbocycles. The summed E-state index contributed by atoms with van der Waals surface area (Å²) in [4.78, 5) is 19.2. The SMILES string of the molecule is COc1cc(CCC(=O)NCc2ccc(N3C[C@H](C)O[C@@H](C)C3)nc2)cc(OC)c1OC. The molecule has 1 aliphatic heterocycles. The maximum absolute atomic E-state index is 12.4. The fraction of sp³-hybridized carbons (Fsp3) is 0.500. The van der Waals surface area contributed by atoms with Gasteiger partial charge < -0.3 is 29.2 Å².